The third-order valence-corrected chi connectivity index (χ3v) is 5.77. The highest BCUT2D eigenvalue weighted by Gasteiger charge is 2.22. The van der Waals surface area contributed by atoms with Crippen molar-refractivity contribution in [3.8, 4) is 0 Å². The smallest absolute Gasteiger partial charge is 0.262 e. The van der Waals surface area contributed by atoms with Crippen LogP contribution in [0.25, 0.3) is 6.08 Å². The zero-order chi connectivity index (χ0) is 21.1. The molecule has 4 nitrogen and oxygen atoms in total. The van der Waals surface area contributed by atoms with Crippen molar-refractivity contribution < 1.29 is 14.0 Å². The molecule has 1 aliphatic heterocycles. The van der Waals surface area contributed by atoms with Crippen molar-refractivity contribution in [1.82, 2.24) is 5.32 Å². The van der Waals surface area contributed by atoms with Crippen molar-refractivity contribution >= 4 is 35.3 Å². The third kappa shape index (κ3) is 4.60. The molecule has 30 heavy (non-hydrogen) atoms. The summed E-state index contributed by atoms with van der Waals surface area (Å²) in [4.78, 5) is 26.5. The van der Waals surface area contributed by atoms with E-state index in [0.717, 1.165) is 21.6 Å². The number of rotatable bonds is 4. The Bertz CT molecular complexity index is 1140. The highest BCUT2D eigenvalue weighted by atomic mass is 32.2. The van der Waals surface area contributed by atoms with E-state index in [2.05, 4.69) is 10.6 Å². The second-order valence-corrected chi connectivity index (χ2v) is 8.08. The first-order valence-electron chi connectivity index (χ1n) is 9.42. The van der Waals surface area contributed by atoms with E-state index in [9.17, 15) is 14.0 Å². The van der Waals surface area contributed by atoms with E-state index in [0.29, 0.717) is 22.7 Å². The summed E-state index contributed by atoms with van der Waals surface area (Å²) in [5, 5.41) is 5.67. The van der Waals surface area contributed by atoms with Crippen LogP contribution in [0.15, 0.2) is 76.5 Å². The molecule has 0 unspecified atom stereocenters. The molecule has 4 rings (SSSR count). The van der Waals surface area contributed by atoms with Crippen molar-refractivity contribution in [2.24, 2.45) is 0 Å². The number of halogens is 1. The molecule has 0 aliphatic carbocycles. The lowest BCUT2D eigenvalue weighted by atomic mass is 10.1. The number of benzene rings is 3. The molecule has 0 saturated heterocycles. The molecule has 0 saturated carbocycles. The maximum absolute atomic E-state index is 13.0. The van der Waals surface area contributed by atoms with Crippen LogP contribution in [0.1, 0.15) is 27.0 Å². The van der Waals surface area contributed by atoms with Crippen LogP contribution in [-0.4, -0.2) is 11.8 Å². The van der Waals surface area contributed by atoms with E-state index in [1.54, 1.807) is 24.3 Å². The van der Waals surface area contributed by atoms with Crippen LogP contribution in [0.2, 0.25) is 0 Å². The second kappa shape index (κ2) is 8.55. The summed E-state index contributed by atoms with van der Waals surface area (Å²) in [5.74, 6) is -0.775. The van der Waals surface area contributed by atoms with Crippen molar-refractivity contribution in [2.75, 3.05) is 5.32 Å². The Morgan fingerprint density at radius 3 is 2.53 bits per heavy atom. The summed E-state index contributed by atoms with van der Waals surface area (Å²) in [6.45, 7) is 2.31. The predicted molar refractivity (Wildman–Crippen MR) is 118 cm³/mol. The van der Waals surface area contributed by atoms with E-state index in [-0.39, 0.29) is 17.6 Å². The predicted octanol–water partition coefficient (Wildman–Crippen LogP) is 5.15. The fourth-order valence-electron chi connectivity index (χ4n) is 3.00. The highest BCUT2D eigenvalue weighted by molar-refractivity contribution is 8.04. The number of fused-ring (bicyclic) bond motifs is 1. The maximum atomic E-state index is 13.0. The molecular weight excluding hydrogens is 399 g/mol. The Labute approximate surface area is 178 Å². The van der Waals surface area contributed by atoms with Gasteiger partial charge in [-0.15, -0.1) is 0 Å². The van der Waals surface area contributed by atoms with Gasteiger partial charge in [-0.25, -0.2) is 4.39 Å². The molecule has 0 bridgehead atoms. The Hall–Kier alpha value is -3.38. The summed E-state index contributed by atoms with van der Waals surface area (Å²) < 4.78 is 13.0. The van der Waals surface area contributed by atoms with Crippen LogP contribution in [0.4, 0.5) is 10.1 Å². The highest BCUT2D eigenvalue weighted by Crippen LogP contribution is 2.39. The lowest BCUT2D eigenvalue weighted by molar-refractivity contribution is -0.112. The standard InChI is InChI=1S/C24H19FN2O2S/c1-15-2-4-16(5-3-15)12-22-24(29)27-20-13-18(8-11-21(20)30-22)23(28)26-14-17-6-9-19(25)10-7-17/h2-13H,14H2,1H3,(H,26,28)(H,27,29). The van der Waals surface area contributed by atoms with Gasteiger partial charge >= 0.3 is 0 Å². The normalized spacial score (nSPS) is 14.2. The van der Waals surface area contributed by atoms with Gasteiger partial charge in [-0.2, -0.15) is 0 Å². The first-order chi connectivity index (χ1) is 14.5. The molecule has 2 amide bonds. The van der Waals surface area contributed by atoms with E-state index in [1.807, 2.05) is 43.3 Å². The maximum Gasteiger partial charge on any atom is 0.262 e. The topological polar surface area (TPSA) is 58.2 Å². The minimum Gasteiger partial charge on any atom is -0.348 e. The number of nitrogens with one attached hydrogen (secondary N) is 2. The van der Waals surface area contributed by atoms with E-state index in [4.69, 9.17) is 0 Å². The quantitative estimate of drug-likeness (QED) is 0.576. The van der Waals surface area contributed by atoms with Gasteiger partial charge in [0.2, 0.25) is 0 Å². The van der Waals surface area contributed by atoms with Gasteiger partial charge in [0.1, 0.15) is 5.82 Å². The van der Waals surface area contributed by atoms with Gasteiger partial charge in [-0.1, -0.05) is 53.7 Å². The van der Waals surface area contributed by atoms with Crippen molar-refractivity contribution in [1.29, 1.82) is 0 Å². The van der Waals surface area contributed by atoms with Gasteiger partial charge in [0.15, 0.2) is 0 Å². The summed E-state index contributed by atoms with van der Waals surface area (Å²) in [6.07, 6.45) is 1.85. The SMILES string of the molecule is Cc1ccc(C=C2Sc3ccc(C(=O)NCc4ccc(F)cc4)cc3NC2=O)cc1. The fourth-order valence-corrected chi connectivity index (χ4v) is 3.93. The Kier molecular flexibility index (Phi) is 5.68. The number of hydrogen-bond acceptors (Lipinski definition) is 3. The average molecular weight is 418 g/mol. The largest absolute Gasteiger partial charge is 0.348 e. The molecule has 3 aromatic rings. The monoisotopic (exact) mass is 418 g/mol. The Balaban J connectivity index is 1.47. The van der Waals surface area contributed by atoms with Gasteiger partial charge < -0.3 is 10.6 Å². The lowest BCUT2D eigenvalue weighted by Crippen LogP contribution is -2.23. The molecule has 0 spiro atoms. The summed E-state index contributed by atoms with van der Waals surface area (Å²) in [5.41, 5.74) is 3.98. The number of carbonyl (C=O) groups excluding carboxylic acids is 2. The van der Waals surface area contributed by atoms with Gasteiger partial charge in [-0.3, -0.25) is 9.59 Å². The molecule has 0 radical (unpaired) electrons. The van der Waals surface area contributed by atoms with Gasteiger partial charge in [0.05, 0.1) is 10.6 Å². The minimum absolute atomic E-state index is 0.197. The van der Waals surface area contributed by atoms with Crippen molar-refractivity contribution in [3.63, 3.8) is 0 Å². The van der Waals surface area contributed by atoms with Crippen LogP contribution in [0, 0.1) is 12.7 Å². The molecular formula is C24H19FN2O2S. The summed E-state index contributed by atoms with van der Waals surface area (Å²) in [7, 11) is 0. The first kappa shape index (κ1) is 19.9. The molecule has 0 aromatic heterocycles. The average Bonchev–Trinajstić information content (AvgIpc) is 2.75. The lowest BCUT2D eigenvalue weighted by Gasteiger charge is -2.19. The molecule has 6 heteroatoms. The molecule has 2 N–H and O–H groups in total. The van der Waals surface area contributed by atoms with E-state index >= 15 is 0 Å². The zero-order valence-electron chi connectivity index (χ0n) is 16.2. The van der Waals surface area contributed by atoms with Crippen LogP contribution in [0.5, 0.6) is 0 Å². The van der Waals surface area contributed by atoms with Crippen molar-refractivity contribution in [2.45, 2.75) is 18.4 Å². The molecule has 1 heterocycles. The minimum atomic E-state index is -0.316. The number of hydrogen-bond donors (Lipinski definition) is 2. The fraction of sp³-hybridized carbons (Fsp3) is 0.0833. The number of anilines is 1. The van der Waals surface area contributed by atoms with Gasteiger partial charge in [0.25, 0.3) is 11.8 Å². The number of amides is 2. The zero-order valence-corrected chi connectivity index (χ0v) is 17.1. The van der Waals surface area contributed by atoms with Gasteiger partial charge in [-0.05, 0) is 54.5 Å². The number of carbonyl (C=O) groups is 2. The first-order valence-corrected chi connectivity index (χ1v) is 10.2. The third-order valence-electron chi connectivity index (χ3n) is 4.68. The number of aryl methyl sites for hydroxylation is 1. The van der Waals surface area contributed by atoms with Crippen LogP contribution < -0.4 is 10.6 Å². The second-order valence-electron chi connectivity index (χ2n) is 7.00. The Morgan fingerprint density at radius 1 is 1.07 bits per heavy atom. The van der Waals surface area contributed by atoms with E-state index < -0.39 is 0 Å². The summed E-state index contributed by atoms with van der Waals surface area (Å²) in [6, 6.07) is 19.1. The van der Waals surface area contributed by atoms with E-state index in [1.165, 1.54) is 23.9 Å². The van der Waals surface area contributed by atoms with Crippen molar-refractivity contribution in [3.05, 3.63) is 99.7 Å². The summed E-state index contributed by atoms with van der Waals surface area (Å²) >= 11 is 1.38. The molecule has 0 fully saturated rings. The number of thioether (sulfide) groups is 1. The van der Waals surface area contributed by atoms with Crippen LogP contribution >= 0.6 is 11.8 Å². The van der Waals surface area contributed by atoms with Crippen LogP contribution in [0.3, 0.4) is 0 Å². The molecule has 0 atom stereocenters. The Morgan fingerprint density at radius 2 is 1.80 bits per heavy atom. The molecule has 3 aromatic carbocycles. The molecule has 150 valence electrons. The van der Waals surface area contributed by atoms with Gasteiger partial charge in [0, 0.05) is 17.0 Å². The molecule has 1 aliphatic rings. The van der Waals surface area contributed by atoms with Crippen LogP contribution in [-0.2, 0) is 11.3 Å².